The largest absolute Gasteiger partial charge is 0.478 e. The molecule has 0 heterocycles. The molecule has 0 aliphatic heterocycles. The Hall–Kier alpha value is -2.27. The summed E-state index contributed by atoms with van der Waals surface area (Å²) in [5, 5.41) is 9.26. The molecule has 0 bridgehead atoms. The van der Waals surface area contributed by atoms with Crippen LogP contribution >= 0.6 is 11.6 Å². The van der Waals surface area contributed by atoms with Gasteiger partial charge in [0.2, 0.25) is 0 Å². The van der Waals surface area contributed by atoms with Crippen molar-refractivity contribution in [2.24, 2.45) is 0 Å². The van der Waals surface area contributed by atoms with Gasteiger partial charge in [-0.25, -0.2) is 9.18 Å². The Labute approximate surface area is 119 Å². The van der Waals surface area contributed by atoms with Gasteiger partial charge in [-0.15, -0.1) is 0 Å². The SMILES string of the molecule is Cc1ccc(Cl)c(Oc2cc(C(=O)O)c(N)cc2F)c1. The highest BCUT2D eigenvalue weighted by atomic mass is 35.5. The summed E-state index contributed by atoms with van der Waals surface area (Å²) < 4.78 is 19.1. The van der Waals surface area contributed by atoms with Crippen molar-refractivity contribution < 1.29 is 19.0 Å². The van der Waals surface area contributed by atoms with Crippen molar-refractivity contribution in [2.75, 3.05) is 5.73 Å². The van der Waals surface area contributed by atoms with Crippen LogP contribution in [0.4, 0.5) is 10.1 Å². The zero-order valence-electron chi connectivity index (χ0n) is 10.5. The highest BCUT2D eigenvalue weighted by molar-refractivity contribution is 6.32. The van der Waals surface area contributed by atoms with Crippen LogP contribution in [0.1, 0.15) is 15.9 Å². The van der Waals surface area contributed by atoms with Crippen LogP contribution in [-0.2, 0) is 0 Å². The van der Waals surface area contributed by atoms with Crippen molar-refractivity contribution in [2.45, 2.75) is 6.92 Å². The number of carboxylic acid groups (broad SMARTS) is 1. The molecule has 0 saturated carbocycles. The van der Waals surface area contributed by atoms with Gasteiger partial charge in [0.25, 0.3) is 0 Å². The Morgan fingerprint density at radius 1 is 1.30 bits per heavy atom. The quantitative estimate of drug-likeness (QED) is 0.843. The van der Waals surface area contributed by atoms with E-state index in [9.17, 15) is 9.18 Å². The van der Waals surface area contributed by atoms with Gasteiger partial charge in [0.15, 0.2) is 11.6 Å². The number of benzene rings is 2. The standard InChI is InChI=1S/C14H11ClFNO3/c1-7-2-3-9(15)12(4-7)20-13-5-8(14(18)19)11(17)6-10(13)16/h2-6H,17H2,1H3,(H,18,19). The number of rotatable bonds is 3. The molecule has 6 heteroatoms. The van der Waals surface area contributed by atoms with Gasteiger partial charge >= 0.3 is 5.97 Å². The predicted octanol–water partition coefficient (Wildman–Crippen LogP) is 3.86. The molecule has 3 N–H and O–H groups in total. The normalized spacial score (nSPS) is 10.3. The highest BCUT2D eigenvalue weighted by Crippen LogP contribution is 2.33. The molecule has 0 amide bonds. The van der Waals surface area contributed by atoms with Crippen LogP contribution in [0.15, 0.2) is 30.3 Å². The molecule has 0 aliphatic carbocycles. The summed E-state index contributed by atoms with van der Waals surface area (Å²) in [4.78, 5) is 11.0. The van der Waals surface area contributed by atoms with Gasteiger partial charge in [-0.2, -0.15) is 0 Å². The Morgan fingerprint density at radius 2 is 2.00 bits per heavy atom. The van der Waals surface area contributed by atoms with E-state index in [-0.39, 0.29) is 22.7 Å². The lowest BCUT2D eigenvalue weighted by Gasteiger charge is -2.11. The fourth-order valence-electron chi connectivity index (χ4n) is 1.64. The van der Waals surface area contributed by atoms with Crippen molar-refractivity contribution in [1.82, 2.24) is 0 Å². The van der Waals surface area contributed by atoms with Gasteiger partial charge in [0, 0.05) is 17.8 Å². The lowest BCUT2D eigenvalue weighted by Crippen LogP contribution is -2.04. The third-order valence-electron chi connectivity index (χ3n) is 2.64. The molecule has 0 radical (unpaired) electrons. The lowest BCUT2D eigenvalue weighted by atomic mass is 10.1. The second-order valence-electron chi connectivity index (χ2n) is 4.21. The van der Waals surface area contributed by atoms with Crippen LogP contribution in [0.25, 0.3) is 0 Å². The molecule has 0 unspecified atom stereocenters. The zero-order valence-corrected chi connectivity index (χ0v) is 11.2. The average molecular weight is 296 g/mol. The van der Waals surface area contributed by atoms with Crippen molar-refractivity contribution in [3.63, 3.8) is 0 Å². The highest BCUT2D eigenvalue weighted by Gasteiger charge is 2.15. The van der Waals surface area contributed by atoms with Gasteiger partial charge in [0.05, 0.1) is 10.6 Å². The molecular weight excluding hydrogens is 285 g/mol. The maximum absolute atomic E-state index is 13.8. The minimum absolute atomic E-state index is 0.169. The number of aromatic carboxylic acids is 1. The molecule has 2 rings (SSSR count). The minimum atomic E-state index is -1.26. The number of aryl methyl sites for hydroxylation is 1. The Morgan fingerprint density at radius 3 is 2.65 bits per heavy atom. The fraction of sp³-hybridized carbons (Fsp3) is 0.0714. The molecule has 20 heavy (non-hydrogen) atoms. The third kappa shape index (κ3) is 2.83. The molecule has 0 spiro atoms. The molecule has 0 aliphatic rings. The summed E-state index contributed by atoms with van der Waals surface area (Å²) in [7, 11) is 0. The van der Waals surface area contributed by atoms with Crippen molar-refractivity contribution in [3.05, 3.63) is 52.3 Å². The van der Waals surface area contributed by atoms with Gasteiger partial charge in [-0.1, -0.05) is 17.7 Å². The number of nitrogen functional groups attached to an aromatic ring is 1. The number of anilines is 1. The van der Waals surface area contributed by atoms with Crippen LogP contribution in [0.5, 0.6) is 11.5 Å². The first-order chi connectivity index (χ1) is 9.38. The lowest BCUT2D eigenvalue weighted by molar-refractivity contribution is 0.0697. The average Bonchev–Trinajstić information content (AvgIpc) is 2.36. The minimum Gasteiger partial charge on any atom is -0.478 e. The van der Waals surface area contributed by atoms with E-state index in [0.717, 1.165) is 17.7 Å². The summed E-state index contributed by atoms with van der Waals surface area (Å²) in [6.07, 6.45) is 0. The van der Waals surface area contributed by atoms with Crippen LogP contribution in [0, 0.1) is 12.7 Å². The van der Waals surface area contributed by atoms with E-state index < -0.39 is 11.8 Å². The number of hydrogen-bond donors (Lipinski definition) is 2. The first-order valence-corrected chi connectivity index (χ1v) is 6.02. The Kier molecular flexibility index (Phi) is 3.81. The Balaban J connectivity index is 2.45. The number of carboxylic acids is 1. The fourth-order valence-corrected chi connectivity index (χ4v) is 1.80. The summed E-state index contributed by atoms with van der Waals surface area (Å²) in [6.45, 7) is 1.82. The van der Waals surface area contributed by atoms with E-state index in [1.54, 1.807) is 18.2 Å². The van der Waals surface area contributed by atoms with E-state index >= 15 is 0 Å². The van der Waals surface area contributed by atoms with E-state index in [0.29, 0.717) is 5.02 Å². The first-order valence-electron chi connectivity index (χ1n) is 5.65. The second kappa shape index (κ2) is 5.38. The maximum atomic E-state index is 13.8. The van der Waals surface area contributed by atoms with Crippen molar-refractivity contribution in [3.8, 4) is 11.5 Å². The van der Waals surface area contributed by atoms with Crippen LogP contribution in [0.3, 0.4) is 0 Å². The van der Waals surface area contributed by atoms with Gasteiger partial charge in [-0.05, 0) is 24.6 Å². The van der Waals surface area contributed by atoms with E-state index in [1.807, 2.05) is 6.92 Å². The van der Waals surface area contributed by atoms with Gasteiger partial charge in [-0.3, -0.25) is 0 Å². The van der Waals surface area contributed by atoms with Crippen molar-refractivity contribution >= 4 is 23.3 Å². The summed E-state index contributed by atoms with van der Waals surface area (Å²) in [6, 6.07) is 6.95. The predicted molar refractivity (Wildman–Crippen MR) is 74.0 cm³/mol. The van der Waals surface area contributed by atoms with Gasteiger partial charge < -0.3 is 15.6 Å². The number of nitrogens with two attached hydrogens (primary N) is 1. The molecule has 2 aromatic carbocycles. The number of halogens is 2. The topological polar surface area (TPSA) is 72.5 Å². The molecular formula is C14H11ClFNO3. The number of carbonyl (C=O) groups is 1. The van der Waals surface area contributed by atoms with E-state index in [1.165, 1.54) is 0 Å². The van der Waals surface area contributed by atoms with Crippen LogP contribution < -0.4 is 10.5 Å². The van der Waals surface area contributed by atoms with Gasteiger partial charge in [0.1, 0.15) is 5.75 Å². The smallest absolute Gasteiger partial charge is 0.337 e. The number of ether oxygens (including phenoxy) is 1. The Bertz CT molecular complexity index is 688. The summed E-state index contributed by atoms with van der Waals surface area (Å²) >= 11 is 5.94. The zero-order chi connectivity index (χ0) is 14.9. The first kappa shape index (κ1) is 14.1. The molecule has 0 atom stereocenters. The maximum Gasteiger partial charge on any atom is 0.337 e. The molecule has 4 nitrogen and oxygen atoms in total. The molecule has 2 aromatic rings. The second-order valence-corrected chi connectivity index (χ2v) is 4.62. The van der Waals surface area contributed by atoms with E-state index in [4.69, 9.17) is 27.2 Å². The number of hydrogen-bond acceptors (Lipinski definition) is 3. The van der Waals surface area contributed by atoms with E-state index in [2.05, 4.69) is 0 Å². The monoisotopic (exact) mass is 295 g/mol. The molecule has 0 aromatic heterocycles. The van der Waals surface area contributed by atoms with Crippen molar-refractivity contribution in [1.29, 1.82) is 0 Å². The van der Waals surface area contributed by atoms with Crippen LogP contribution in [-0.4, -0.2) is 11.1 Å². The summed E-state index contributed by atoms with van der Waals surface area (Å²) in [5.74, 6) is -2.02. The summed E-state index contributed by atoms with van der Waals surface area (Å²) in [5.41, 5.74) is 5.91. The molecule has 0 fully saturated rings. The van der Waals surface area contributed by atoms with Crippen LogP contribution in [0.2, 0.25) is 5.02 Å². The molecule has 0 saturated heterocycles. The molecule has 104 valence electrons. The third-order valence-corrected chi connectivity index (χ3v) is 2.95.